The molecule has 1 unspecified atom stereocenters. The van der Waals surface area contributed by atoms with Gasteiger partial charge in [-0.2, -0.15) is 8.42 Å². The Kier molecular flexibility index (Phi) is 4.44. The molecule has 0 saturated carbocycles. The van der Waals surface area contributed by atoms with E-state index < -0.39 is 21.9 Å². The van der Waals surface area contributed by atoms with Gasteiger partial charge in [0.2, 0.25) is 5.91 Å². The average molecular weight is 397 g/mol. The van der Waals surface area contributed by atoms with Gasteiger partial charge in [0.25, 0.3) is 0 Å². The topological polar surface area (TPSA) is 54.5 Å². The number of carbonyl (C=O) groups excluding carboxylic acids is 1. The minimum atomic E-state index is -4.51. The summed E-state index contributed by atoms with van der Waals surface area (Å²) in [5.41, 5.74) is 0.984. The van der Waals surface area contributed by atoms with Crippen LogP contribution >= 0.6 is 22.6 Å². The number of halogens is 2. The molecule has 1 fully saturated rings. The van der Waals surface area contributed by atoms with Gasteiger partial charge >= 0.3 is 10.2 Å². The SMILES string of the molecule is O=C1CC(CS(=O)(=O)F)CN1Cc1ccc(I)cc1. The lowest BCUT2D eigenvalue weighted by Gasteiger charge is -2.16. The maximum atomic E-state index is 12.6. The summed E-state index contributed by atoms with van der Waals surface area (Å²) in [6, 6.07) is 7.74. The summed E-state index contributed by atoms with van der Waals surface area (Å²) in [7, 11) is -4.51. The molecule has 104 valence electrons. The van der Waals surface area contributed by atoms with E-state index in [0.29, 0.717) is 13.1 Å². The van der Waals surface area contributed by atoms with Gasteiger partial charge in [-0.1, -0.05) is 12.1 Å². The van der Waals surface area contributed by atoms with E-state index in [4.69, 9.17) is 0 Å². The van der Waals surface area contributed by atoms with E-state index in [1.165, 1.54) is 0 Å². The molecule has 0 bridgehead atoms. The first-order chi connectivity index (χ1) is 8.83. The van der Waals surface area contributed by atoms with Crippen molar-refractivity contribution in [3.05, 3.63) is 33.4 Å². The molecular weight excluding hydrogens is 384 g/mol. The van der Waals surface area contributed by atoms with Gasteiger partial charge in [0.1, 0.15) is 0 Å². The van der Waals surface area contributed by atoms with Crippen LogP contribution in [0, 0.1) is 9.49 Å². The highest BCUT2D eigenvalue weighted by molar-refractivity contribution is 14.1. The van der Waals surface area contributed by atoms with Crippen molar-refractivity contribution >= 4 is 38.7 Å². The zero-order valence-electron chi connectivity index (χ0n) is 10.1. The molecule has 1 saturated heterocycles. The molecule has 1 aliphatic heterocycles. The standard InChI is InChI=1S/C12H13FINO3S/c13-19(17,18)8-10-5-12(16)15(7-10)6-9-1-3-11(14)4-2-9/h1-4,10H,5-8H2. The fourth-order valence-electron chi connectivity index (χ4n) is 2.21. The Morgan fingerprint density at radius 2 is 1.95 bits per heavy atom. The first-order valence-corrected chi connectivity index (χ1v) is 8.41. The minimum Gasteiger partial charge on any atom is -0.338 e. The number of benzene rings is 1. The summed E-state index contributed by atoms with van der Waals surface area (Å²) < 4.78 is 34.9. The fourth-order valence-corrected chi connectivity index (χ4v) is 3.36. The number of nitrogens with zero attached hydrogens (tertiary/aromatic N) is 1. The van der Waals surface area contributed by atoms with Crippen LogP contribution in [0.4, 0.5) is 3.89 Å². The number of carbonyl (C=O) groups is 1. The average Bonchev–Trinajstić information content (AvgIpc) is 2.60. The van der Waals surface area contributed by atoms with Gasteiger partial charge in [0.15, 0.2) is 0 Å². The Labute approximate surface area is 125 Å². The third kappa shape index (κ3) is 4.41. The van der Waals surface area contributed by atoms with E-state index in [0.717, 1.165) is 9.13 Å². The number of amides is 1. The van der Waals surface area contributed by atoms with E-state index in [-0.39, 0.29) is 12.3 Å². The molecule has 1 aliphatic rings. The summed E-state index contributed by atoms with van der Waals surface area (Å²) in [4.78, 5) is 13.3. The first-order valence-electron chi connectivity index (χ1n) is 5.78. The highest BCUT2D eigenvalue weighted by Gasteiger charge is 2.32. The monoisotopic (exact) mass is 397 g/mol. The summed E-state index contributed by atoms with van der Waals surface area (Å²) in [6.45, 7) is 0.743. The van der Waals surface area contributed by atoms with Crippen LogP contribution in [0.1, 0.15) is 12.0 Å². The van der Waals surface area contributed by atoms with E-state index in [1.807, 2.05) is 24.3 Å². The predicted molar refractivity (Wildman–Crippen MR) is 77.6 cm³/mol. The summed E-state index contributed by atoms with van der Waals surface area (Å²) in [5.74, 6) is -1.12. The molecule has 7 heteroatoms. The third-order valence-corrected chi connectivity index (χ3v) is 4.60. The summed E-state index contributed by atoms with van der Waals surface area (Å²) in [6.07, 6.45) is 0.105. The second-order valence-electron chi connectivity index (χ2n) is 4.68. The van der Waals surface area contributed by atoms with Crippen molar-refractivity contribution in [3.8, 4) is 0 Å². The van der Waals surface area contributed by atoms with Crippen LogP contribution in [-0.4, -0.2) is 31.5 Å². The lowest BCUT2D eigenvalue weighted by Crippen LogP contribution is -2.25. The van der Waals surface area contributed by atoms with Crippen molar-refractivity contribution in [3.63, 3.8) is 0 Å². The van der Waals surface area contributed by atoms with Crippen LogP contribution in [0.5, 0.6) is 0 Å². The summed E-state index contributed by atoms with van der Waals surface area (Å²) in [5, 5.41) is 0. The normalized spacial score (nSPS) is 20.0. The first kappa shape index (κ1) is 14.7. The van der Waals surface area contributed by atoms with Gasteiger partial charge < -0.3 is 4.90 Å². The Hall–Kier alpha value is -0.700. The highest BCUT2D eigenvalue weighted by atomic mass is 127. The van der Waals surface area contributed by atoms with Crippen LogP contribution in [-0.2, 0) is 21.6 Å². The minimum absolute atomic E-state index is 0.105. The lowest BCUT2D eigenvalue weighted by molar-refractivity contribution is -0.128. The quantitative estimate of drug-likeness (QED) is 0.577. The Bertz CT molecular complexity index is 573. The van der Waals surface area contributed by atoms with Crippen molar-refractivity contribution < 1.29 is 17.1 Å². The molecule has 0 aromatic heterocycles. The molecule has 2 rings (SSSR count). The van der Waals surface area contributed by atoms with Crippen molar-refractivity contribution in [2.24, 2.45) is 5.92 Å². The molecule has 1 heterocycles. The van der Waals surface area contributed by atoms with Crippen LogP contribution in [0.3, 0.4) is 0 Å². The van der Waals surface area contributed by atoms with Gasteiger partial charge in [-0.05, 0) is 40.3 Å². The van der Waals surface area contributed by atoms with Crippen LogP contribution < -0.4 is 0 Å². The van der Waals surface area contributed by atoms with Gasteiger partial charge in [0.05, 0.1) is 5.75 Å². The van der Waals surface area contributed by atoms with E-state index in [9.17, 15) is 17.1 Å². The molecule has 1 aromatic carbocycles. The van der Waals surface area contributed by atoms with E-state index in [2.05, 4.69) is 22.6 Å². The lowest BCUT2D eigenvalue weighted by atomic mass is 10.1. The zero-order valence-corrected chi connectivity index (χ0v) is 13.0. The molecule has 1 atom stereocenters. The maximum absolute atomic E-state index is 12.6. The van der Waals surface area contributed by atoms with Crippen molar-refractivity contribution in [2.45, 2.75) is 13.0 Å². The molecule has 0 spiro atoms. The Morgan fingerprint density at radius 3 is 2.53 bits per heavy atom. The molecular formula is C12H13FINO3S. The number of hydrogen-bond donors (Lipinski definition) is 0. The number of hydrogen-bond acceptors (Lipinski definition) is 3. The van der Waals surface area contributed by atoms with Crippen LogP contribution in [0.2, 0.25) is 0 Å². The molecule has 4 nitrogen and oxygen atoms in total. The van der Waals surface area contributed by atoms with Gasteiger partial charge in [-0.25, -0.2) is 0 Å². The Balaban J connectivity index is 1.98. The molecule has 0 radical (unpaired) electrons. The number of likely N-dealkylation sites (tertiary alicyclic amines) is 1. The summed E-state index contributed by atoms with van der Waals surface area (Å²) >= 11 is 2.19. The van der Waals surface area contributed by atoms with E-state index >= 15 is 0 Å². The largest absolute Gasteiger partial charge is 0.338 e. The van der Waals surface area contributed by atoms with Crippen molar-refractivity contribution in [1.29, 1.82) is 0 Å². The van der Waals surface area contributed by atoms with Gasteiger partial charge in [-0.3, -0.25) is 4.79 Å². The zero-order chi connectivity index (χ0) is 14.0. The molecule has 1 aromatic rings. The van der Waals surface area contributed by atoms with Crippen LogP contribution in [0.25, 0.3) is 0 Å². The van der Waals surface area contributed by atoms with E-state index in [1.54, 1.807) is 4.90 Å². The third-order valence-electron chi connectivity index (χ3n) is 3.02. The smallest absolute Gasteiger partial charge is 0.302 e. The van der Waals surface area contributed by atoms with Crippen LogP contribution in [0.15, 0.2) is 24.3 Å². The van der Waals surface area contributed by atoms with Gasteiger partial charge in [-0.15, -0.1) is 3.89 Å². The second-order valence-corrected chi connectivity index (χ2v) is 7.33. The molecule has 1 amide bonds. The molecule has 0 N–H and O–H groups in total. The van der Waals surface area contributed by atoms with Crippen molar-refractivity contribution in [2.75, 3.05) is 12.3 Å². The second kappa shape index (κ2) is 5.74. The van der Waals surface area contributed by atoms with Gasteiger partial charge in [0, 0.05) is 29.0 Å². The highest BCUT2D eigenvalue weighted by Crippen LogP contribution is 2.22. The van der Waals surface area contributed by atoms with Crippen molar-refractivity contribution in [1.82, 2.24) is 4.90 Å². The Morgan fingerprint density at radius 1 is 1.32 bits per heavy atom. The molecule has 0 aliphatic carbocycles. The predicted octanol–water partition coefficient (Wildman–Crippen LogP) is 1.94. The number of rotatable bonds is 4. The maximum Gasteiger partial charge on any atom is 0.302 e. The fraction of sp³-hybridized carbons (Fsp3) is 0.417. The molecule has 19 heavy (non-hydrogen) atoms.